The van der Waals surface area contributed by atoms with E-state index < -0.39 is 11.2 Å². The second-order valence-electron chi connectivity index (χ2n) is 5.75. The van der Waals surface area contributed by atoms with E-state index in [4.69, 9.17) is 4.74 Å². The minimum absolute atomic E-state index is 0.0919. The number of aliphatic imine (C=N–C) groups is 1. The Morgan fingerprint density at radius 3 is 2.59 bits per heavy atom. The largest absolute Gasteiger partial charge is 0.507 e. The third-order valence-corrected chi connectivity index (χ3v) is 4.39. The molecule has 0 aliphatic heterocycles. The summed E-state index contributed by atoms with van der Waals surface area (Å²) in [6, 6.07) is 13.2. The van der Waals surface area contributed by atoms with Crippen molar-refractivity contribution in [1.29, 1.82) is 0 Å². The van der Waals surface area contributed by atoms with Crippen molar-refractivity contribution in [3.8, 4) is 17.4 Å². The van der Waals surface area contributed by atoms with E-state index >= 15 is 0 Å². The van der Waals surface area contributed by atoms with Gasteiger partial charge in [-0.1, -0.05) is 28.1 Å². The number of ether oxygens (including phenoxy) is 1. The Kier molecular flexibility index (Phi) is 5.27. The van der Waals surface area contributed by atoms with Crippen LogP contribution >= 0.6 is 15.9 Å². The van der Waals surface area contributed by atoms with Gasteiger partial charge in [-0.15, -0.1) is 0 Å². The fourth-order valence-electron chi connectivity index (χ4n) is 2.34. The average molecular weight is 430 g/mol. The first-order valence-corrected chi connectivity index (χ1v) is 8.72. The van der Waals surface area contributed by atoms with Crippen LogP contribution in [0.5, 0.6) is 17.4 Å². The first-order chi connectivity index (χ1) is 12.9. The molecular weight excluding hydrogens is 414 g/mol. The van der Waals surface area contributed by atoms with Crippen molar-refractivity contribution in [2.45, 2.75) is 0 Å². The van der Waals surface area contributed by atoms with Crippen LogP contribution < -0.4 is 16.0 Å². The molecule has 3 rings (SSSR count). The third kappa shape index (κ3) is 4.01. The van der Waals surface area contributed by atoms with Gasteiger partial charge in [-0.05, 0) is 30.3 Å². The molecule has 138 valence electrons. The molecule has 2 aromatic carbocycles. The Hall–Kier alpha value is -3.13. The molecule has 1 heterocycles. The first kappa shape index (κ1) is 18.7. The van der Waals surface area contributed by atoms with Crippen molar-refractivity contribution in [3.05, 3.63) is 79.4 Å². The van der Waals surface area contributed by atoms with E-state index in [1.54, 1.807) is 42.5 Å². The van der Waals surface area contributed by atoms with Crippen molar-refractivity contribution in [3.63, 3.8) is 0 Å². The van der Waals surface area contributed by atoms with Crippen LogP contribution in [0.15, 0.2) is 67.6 Å². The van der Waals surface area contributed by atoms with Crippen molar-refractivity contribution < 1.29 is 9.84 Å². The SMILES string of the molecule is Cn1c(Oc2ccccc2N=Cc2cc(Br)ccc2O)cc(=O)n(C)c1=O. The molecule has 7 nitrogen and oxygen atoms in total. The fraction of sp³-hybridized carbons (Fsp3) is 0.105. The van der Waals surface area contributed by atoms with Crippen LogP contribution in [0.3, 0.4) is 0 Å². The lowest BCUT2D eigenvalue weighted by molar-refractivity contribution is 0.424. The first-order valence-electron chi connectivity index (χ1n) is 7.93. The normalized spacial score (nSPS) is 11.1. The number of aromatic hydroxyl groups is 1. The molecule has 27 heavy (non-hydrogen) atoms. The Balaban J connectivity index is 1.98. The van der Waals surface area contributed by atoms with Gasteiger partial charge in [-0.2, -0.15) is 0 Å². The Labute approximate surface area is 162 Å². The molecule has 0 aliphatic rings. The molecule has 0 unspecified atom stereocenters. The van der Waals surface area contributed by atoms with Gasteiger partial charge >= 0.3 is 5.69 Å². The van der Waals surface area contributed by atoms with Gasteiger partial charge < -0.3 is 9.84 Å². The van der Waals surface area contributed by atoms with E-state index in [0.717, 1.165) is 9.04 Å². The summed E-state index contributed by atoms with van der Waals surface area (Å²) in [4.78, 5) is 28.3. The Morgan fingerprint density at radius 1 is 1.07 bits per heavy atom. The monoisotopic (exact) mass is 429 g/mol. The maximum absolute atomic E-state index is 12.0. The highest BCUT2D eigenvalue weighted by Gasteiger charge is 2.10. The number of aromatic nitrogens is 2. The molecule has 0 saturated heterocycles. The van der Waals surface area contributed by atoms with Crippen LogP contribution in [0, 0.1) is 0 Å². The molecule has 0 aliphatic carbocycles. The number of nitrogens with zero attached hydrogens (tertiary/aromatic N) is 3. The van der Waals surface area contributed by atoms with Crippen LogP contribution in [0.1, 0.15) is 5.56 Å². The number of phenolic OH excluding ortho intramolecular Hbond substituents is 1. The Morgan fingerprint density at radius 2 is 1.81 bits per heavy atom. The molecule has 8 heteroatoms. The minimum atomic E-state index is -0.488. The molecule has 0 saturated carbocycles. The van der Waals surface area contributed by atoms with Gasteiger partial charge in [-0.25, -0.2) is 4.79 Å². The lowest BCUT2D eigenvalue weighted by Crippen LogP contribution is -2.36. The molecule has 1 N–H and O–H groups in total. The van der Waals surface area contributed by atoms with E-state index in [-0.39, 0.29) is 11.6 Å². The zero-order valence-electron chi connectivity index (χ0n) is 14.6. The maximum Gasteiger partial charge on any atom is 0.333 e. The number of halogens is 1. The van der Waals surface area contributed by atoms with Crippen molar-refractivity contribution >= 4 is 27.8 Å². The number of hydrogen-bond donors (Lipinski definition) is 1. The van der Waals surface area contributed by atoms with E-state index in [0.29, 0.717) is 17.0 Å². The van der Waals surface area contributed by atoms with Crippen molar-refractivity contribution in [2.75, 3.05) is 0 Å². The summed E-state index contributed by atoms with van der Waals surface area (Å²) in [6.07, 6.45) is 1.51. The minimum Gasteiger partial charge on any atom is -0.507 e. The van der Waals surface area contributed by atoms with E-state index in [1.807, 2.05) is 0 Å². The molecule has 0 radical (unpaired) electrons. The van der Waals surface area contributed by atoms with Crippen LogP contribution in [-0.4, -0.2) is 20.5 Å². The molecule has 0 fully saturated rings. The number of rotatable bonds is 4. The molecule has 3 aromatic rings. The van der Waals surface area contributed by atoms with Gasteiger partial charge in [0.25, 0.3) is 5.56 Å². The lowest BCUT2D eigenvalue weighted by Gasteiger charge is -2.12. The van der Waals surface area contributed by atoms with Gasteiger partial charge in [0.05, 0.1) is 6.07 Å². The predicted octanol–water partition coefficient (Wildman–Crippen LogP) is 3.10. The average Bonchev–Trinajstić information content (AvgIpc) is 2.66. The van der Waals surface area contributed by atoms with Gasteiger partial charge in [0, 0.05) is 30.3 Å². The zero-order chi connectivity index (χ0) is 19.6. The lowest BCUT2D eigenvalue weighted by atomic mass is 10.2. The Bertz CT molecular complexity index is 1150. The van der Waals surface area contributed by atoms with Crippen LogP contribution in [0.25, 0.3) is 0 Å². The van der Waals surface area contributed by atoms with Gasteiger partial charge in [-0.3, -0.25) is 18.9 Å². The summed E-state index contributed by atoms with van der Waals surface area (Å²) in [5, 5.41) is 9.92. The van der Waals surface area contributed by atoms with E-state index in [9.17, 15) is 14.7 Å². The second-order valence-corrected chi connectivity index (χ2v) is 6.67. The molecular formula is C19H16BrN3O4. The summed E-state index contributed by atoms with van der Waals surface area (Å²) in [5.41, 5.74) is 0.0517. The van der Waals surface area contributed by atoms with Gasteiger partial charge in [0.2, 0.25) is 5.88 Å². The summed E-state index contributed by atoms with van der Waals surface area (Å²) in [6.45, 7) is 0. The fourth-order valence-corrected chi connectivity index (χ4v) is 2.72. The molecule has 1 aromatic heterocycles. The third-order valence-electron chi connectivity index (χ3n) is 3.89. The van der Waals surface area contributed by atoms with Crippen molar-refractivity contribution in [1.82, 2.24) is 9.13 Å². The quantitative estimate of drug-likeness (QED) is 0.645. The summed E-state index contributed by atoms with van der Waals surface area (Å²) in [7, 11) is 2.92. The number of hydrogen-bond acceptors (Lipinski definition) is 5. The zero-order valence-corrected chi connectivity index (χ0v) is 16.2. The summed E-state index contributed by atoms with van der Waals surface area (Å²) >= 11 is 3.35. The molecule has 0 amide bonds. The summed E-state index contributed by atoms with van der Waals surface area (Å²) < 4.78 is 8.80. The van der Waals surface area contributed by atoms with Crippen LogP contribution in [0.4, 0.5) is 5.69 Å². The number of para-hydroxylation sites is 2. The van der Waals surface area contributed by atoms with E-state index in [1.165, 1.54) is 30.9 Å². The highest BCUT2D eigenvalue weighted by molar-refractivity contribution is 9.10. The van der Waals surface area contributed by atoms with Gasteiger partial charge in [0.15, 0.2) is 5.75 Å². The van der Waals surface area contributed by atoms with Crippen molar-refractivity contribution in [2.24, 2.45) is 19.1 Å². The summed E-state index contributed by atoms with van der Waals surface area (Å²) in [5.74, 6) is 0.567. The number of benzene rings is 2. The van der Waals surface area contributed by atoms with Gasteiger partial charge in [0.1, 0.15) is 11.4 Å². The number of phenols is 1. The molecule has 0 atom stereocenters. The van der Waals surface area contributed by atoms with Crippen LogP contribution in [0.2, 0.25) is 0 Å². The highest BCUT2D eigenvalue weighted by atomic mass is 79.9. The highest BCUT2D eigenvalue weighted by Crippen LogP contribution is 2.31. The molecule has 0 bridgehead atoms. The second kappa shape index (κ2) is 7.63. The predicted molar refractivity (Wildman–Crippen MR) is 107 cm³/mol. The standard InChI is InChI=1S/C19H16BrN3O4/c1-22-17(25)10-18(23(2)19(22)26)27-16-6-4-3-5-14(16)21-11-12-9-13(20)7-8-15(12)24/h3-11,24H,1-2H3. The smallest absolute Gasteiger partial charge is 0.333 e. The maximum atomic E-state index is 12.0. The topological polar surface area (TPSA) is 85.8 Å². The molecule has 0 spiro atoms. The van der Waals surface area contributed by atoms with Crippen LogP contribution in [-0.2, 0) is 14.1 Å². The van der Waals surface area contributed by atoms with E-state index in [2.05, 4.69) is 20.9 Å².